The molecule has 1 aliphatic rings. The maximum atomic E-state index is 12.6. The van der Waals surface area contributed by atoms with Gasteiger partial charge in [-0.3, -0.25) is 14.9 Å². The molecule has 0 radical (unpaired) electrons. The molecule has 0 bridgehead atoms. The average molecular weight is 436 g/mol. The van der Waals surface area contributed by atoms with Crippen molar-refractivity contribution in [3.63, 3.8) is 0 Å². The van der Waals surface area contributed by atoms with Crippen LogP contribution in [-0.2, 0) is 9.53 Å². The maximum Gasteiger partial charge on any atom is 0.340 e. The Balaban J connectivity index is 1.73. The topological polar surface area (TPSA) is 103 Å². The zero-order valence-corrected chi connectivity index (χ0v) is 17.6. The van der Waals surface area contributed by atoms with Crippen molar-refractivity contribution in [3.05, 3.63) is 45.0 Å². The summed E-state index contributed by atoms with van der Waals surface area (Å²) in [7, 11) is 0. The van der Waals surface area contributed by atoms with Gasteiger partial charge in [-0.15, -0.1) is 11.3 Å². The van der Waals surface area contributed by atoms with E-state index in [0.717, 1.165) is 31.4 Å². The van der Waals surface area contributed by atoms with Crippen molar-refractivity contribution in [2.24, 2.45) is 0 Å². The molecule has 0 unspecified atom stereocenters. The number of aryl methyl sites for hydroxylation is 1. The molecule has 154 valence electrons. The largest absolute Gasteiger partial charge is 0.452 e. The van der Waals surface area contributed by atoms with E-state index >= 15 is 0 Å². The number of benzene rings is 1. The van der Waals surface area contributed by atoms with Gasteiger partial charge in [0.15, 0.2) is 10.9 Å². The van der Waals surface area contributed by atoms with Crippen molar-refractivity contribution in [2.75, 3.05) is 19.7 Å². The minimum atomic E-state index is -0.757. The molecule has 1 aromatic heterocycles. The van der Waals surface area contributed by atoms with E-state index in [4.69, 9.17) is 4.74 Å². The number of carbonyl (C=O) groups is 2. The van der Waals surface area contributed by atoms with Crippen LogP contribution in [0.2, 0.25) is 0 Å². The van der Waals surface area contributed by atoms with Gasteiger partial charge in [-0.25, -0.2) is 9.78 Å². The number of hydrogen-bond acceptors (Lipinski definition) is 8. The molecule has 8 nitrogen and oxygen atoms in total. The number of esters is 1. The third-order valence-corrected chi connectivity index (χ3v) is 6.61. The highest BCUT2D eigenvalue weighted by atomic mass is 32.2. The van der Waals surface area contributed by atoms with Gasteiger partial charge in [0.05, 0.1) is 10.5 Å². The van der Waals surface area contributed by atoms with E-state index in [2.05, 4.69) is 4.98 Å². The number of rotatable bonds is 6. The van der Waals surface area contributed by atoms with Gasteiger partial charge < -0.3 is 9.64 Å². The highest BCUT2D eigenvalue weighted by molar-refractivity contribution is 8.01. The van der Waals surface area contributed by atoms with Crippen molar-refractivity contribution in [1.82, 2.24) is 9.88 Å². The fraction of sp³-hybridized carbons (Fsp3) is 0.421. The van der Waals surface area contributed by atoms with Crippen molar-refractivity contribution in [2.45, 2.75) is 41.8 Å². The Morgan fingerprint density at radius 3 is 2.62 bits per heavy atom. The molecule has 1 amide bonds. The van der Waals surface area contributed by atoms with Gasteiger partial charge in [-0.1, -0.05) is 24.6 Å². The third kappa shape index (κ3) is 5.77. The van der Waals surface area contributed by atoms with Crippen molar-refractivity contribution < 1.29 is 19.2 Å². The first-order valence-electron chi connectivity index (χ1n) is 9.27. The standard InChI is InChI=1S/C19H21N3O5S2/c1-13-12-28-19(20-13)29-16-7-6-14(22(25)26)10-15(16)18(24)27-11-17(23)21-8-4-2-3-5-9-21/h6-7,10,12H,2-5,8-9,11H2,1H3. The molecule has 0 saturated carbocycles. The maximum absolute atomic E-state index is 12.6. The lowest BCUT2D eigenvalue weighted by atomic mass is 10.2. The van der Waals surface area contributed by atoms with Gasteiger partial charge in [0.25, 0.3) is 11.6 Å². The van der Waals surface area contributed by atoms with E-state index < -0.39 is 10.9 Å². The van der Waals surface area contributed by atoms with E-state index in [1.165, 1.54) is 41.3 Å². The summed E-state index contributed by atoms with van der Waals surface area (Å²) in [6.45, 7) is 2.82. The molecule has 2 heterocycles. The van der Waals surface area contributed by atoms with Gasteiger partial charge in [0, 0.05) is 41.2 Å². The number of hydrogen-bond donors (Lipinski definition) is 0. The second kappa shape index (κ2) is 9.84. The van der Waals surface area contributed by atoms with E-state index in [1.54, 1.807) is 4.90 Å². The molecule has 2 aromatic rings. The molecular weight excluding hydrogens is 414 g/mol. The van der Waals surface area contributed by atoms with Crippen LogP contribution in [-0.4, -0.2) is 46.4 Å². The Morgan fingerprint density at radius 1 is 1.28 bits per heavy atom. The predicted molar refractivity (Wildman–Crippen MR) is 109 cm³/mol. The summed E-state index contributed by atoms with van der Waals surface area (Å²) in [5, 5.41) is 13.0. The predicted octanol–water partition coefficient (Wildman–Crippen LogP) is 4.07. The molecule has 1 fully saturated rings. The molecule has 0 aliphatic carbocycles. The molecule has 10 heteroatoms. The summed E-state index contributed by atoms with van der Waals surface area (Å²) in [5.41, 5.74) is 0.697. The lowest BCUT2D eigenvalue weighted by molar-refractivity contribution is -0.384. The minimum Gasteiger partial charge on any atom is -0.452 e. The number of amides is 1. The van der Waals surface area contributed by atoms with Crippen LogP contribution >= 0.6 is 23.1 Å². The fourth-order valence-corrected chi connectivity index (χ4v) is 4.86. The lowest BCUT2D eigenvalue weighted by Crippen LogP contribution is -2.35. The highest BCUT2D eigenvalue weighted by Gasteiger charge is 2.22. The molecule has 0 N–H and O–H groups in total. The highest BCUT2D eigenvalue weighted by Crippen LogP contribution is 2.34. The molecule has 29 heavy (non-hydrogen) atoms. The van der Waals surface area contributed by atoms with Crippen LogP contribution < -0.4 is 0 Å². The second-order valence-corrected chi connectivity index (χ2v) is 8.81. The molecular formula is C19H21N3O5S2. The van der Waals surface area contributed by atoms with E-state index in [-0.39, 0.29) is 23.8 Å². The number of thiazole rings is 1. The van der Waals surface area contributed by atoms with Gasteiger partial charge in [0.2, 0.25) is 0 Å². The first kappa shape index (κ1) is 21.3. The van der Waals surface area contributed by atoms with E-state index in [0.29, 0.717) is 22.3 Å². The summed E-state index contributed by atoms with van der Waals surface area (Å²) in [5.74, 6) is -0.997. The summed E-state index contributed by atoms with van der Waals surface area (Å²) < 4.78 is 5.93. The first-order chi connectivity index (χ1) is 13.9. The van der Waals surface area contributed by atoms with Gasteiger partial charge >= 0.3 is 5.97 Å². The van der Waals surface area contributed by atoms with Crippen LogP contribution in [0.4, 0.5) is 5.69 Å². The Kier molecular flexibility index (Phi) is 7.21. The van der Waals surface area contributed by atoms with Gasteiger partial charge in [-0.2, -0.15) is 0 Å². The Labute approximate surface area is 176 Å². The lowest BCUT2D eigenvalue weighted by Gasteiger charge is -2.20. The number of likely N-dealkylation sites (tertiary alicyclic amines) is 1. The Morgan fingerprint density at radius 2 is 2.00 bits per heavy atom. The number of nitro benzene ring substituents is 1. The molecule has 0 spiro atoms. The third-order valence-electron chi connectivity index (χ3n) is 4.47. The number of nitro groups is 1. The monoisotopic (exact) mass is 435 g/mol. The molecule has 0 atom stereocenters. The van der Waals surface area contributed by atoms with Crippen LogP contribution in [0.15, 0.2) is 32.8 Å². The van der Waals surface area contributed by atoms with Crippen molar-refractivity contribution in [3.8, 4) is 0 Å². The smallest absolute Gasteiger partial charge is 0.340 e. The fourth-order valence-electron chi connectivity index (χ4n) is 2.97. The normalized spacial score (nSPS) is 14.3. The molecule has 1 aromatic carbocycles. The number of nitrogens with zero attached hydrogens (tertiary/aromatic N) is 3. The summed E-state index contributed by atoms with van der Waals surface area (Å²) in [6.07, 6.45) is 4.07. The molecule has 1 saturated heterocycles. The zero-order chi connectivity index (χ0) is 20.8. The number of aromatic nitrogens is 1. The van der Waals surface area contributed by atoms with Crippen LogP contribution in [0.3, 0.4) is 0 Å². The van der Waals surface area contributed by atoms with Crippen LogP contribution in [0, 0.1) is 17.0 Å². The summed E-state index contributed by atoms with van der Waals surface area (Å²) in [4.78, 5) is 42.1. The van der Waals surface area contributed by atoms with E-state index in [1.807, 2.05) is 12.3 Å². The van der Waals surface area contributed by atoms with E-state index in [9.17, 15) is 19.7 Å². The number of non-ortho nitro benzene ring substituents is 1. The summed E-state index contributed by atoms with van der Waals surface area (Å²) in [6, 6.07) is 4.02. The van der Waals surface area contributed by atoms with Crippen molar-refractivity contribution >= 4 is 40.7 Å². The molecule has 3 rings (SSSR count). The van der Waals surface area contributed by atoms with Crippen molar-refractivity contribution in [1.29, 1.82) is 0 Å². The van der Waals surface area contributed by atoms with Crippen LogP contribution in [0.1, 0.15) is 41.7 Å². The van der Waals surface area contributed by atoms with Gasteiger partial charge in [-0.05, 0) is 25.8 Å². The SMILES string of the molecule is Cc1csc(Sc2ccc([N+](=O)[O-])cc2C(=O)OCC(=O)N2CCCCCC2)n1. The second-order valence-electron chi connectivity index (χ2n) is 6.67. The minimum absolute atomic E-state index is 0.0562. The Hall–Kier alpha value is -2.46. The quantitative estimate of drug-likeness (QED) is 0.383. The van der Waals surface area contributed by atoms with Crippen LogP contribution in [0.25, 0.3) is 0 Å². The Bertz CT molecular complexity index is 907. The first-order valence-corrected chi connectivity index (χ1v) is 11.0. The van der Waals surface area contributed by atoms with Crippen LogP contribution in [0.5, 0.6) is 0 Å². The number of ether oxygens (including phenoxy) is 1. The zero-order valence-electron chi connectivity index (χ0n) is 16.0. The van der Waals surface area contributed by atoms with Gasteiger partial charge in [0.1, 0.15) is 0 Å². The average Bonchev–Trinajstić information content (AvgIpc) is 2.94. The summed E-state index contributed by atoms with van der Waals surface area (Å²) >= 11 is 2.66. The molecule has 1 aliphatic heterocycles. The number of carbonyl (C=O) groups excluding carboxylic acids is 2.